The summed E-state index contributed by atoms with van der Waals surface area (Å²) in [5.41, 5.74) is 2.56. The van der Waals surface area contributed by atoms with Gasteiger partial charge in [-0.3, -0.25) is 9.59 Å². The predicted molar refractivity (Wildman–Crippen MR) is 82.4 cm³/mol. The molecular weight excluding hydrogens is 296 g/mol. The lowest BCUT2D eigenvalue weighted by Crippen LogP contribution is -2.29. The highest BCUT2D eigenvalue weighted by Crippen LogP contribution is 2.27. The molecule has 0 saturated carbocycles. The Morgan fingerprint density at radius 1 is 1.43 bits per heavy atom. The summed E-state index contributed by atoms with van der Waals surface area (Å²) in [5, 5.41) is 6.67. The number of ketones is 1. The zero-order valence-electron chi connectivity index (χ0n) is 13.5. The van der Waals surface area contributed by atoms with Gasteiger partial charge in [0, 0.05) is 24.2 Å². The van der Waals surface area contributed by atoms with E-state index in [1.54, 1.807) is 6.92 Å². The first-order chi connectivity index (χ1) is 11.0. The highest BCUT2D eigenvalue weighted by atomic mass is 16.5. The molecular formula is C16H20N4O3. The minimum atomic E-state index is -0.418. The van der Waals surface area contributed by atoms with E-state index in [-0.39, 0.29) is 11.7 Å². The van der Waals surface area contributed by atoms with Gasteiger partial charge < -0.3 is 14.8 Å². The van der Waals surface area contributed by atoms with Crippen LogP contribution in [-0.2, 0) is 12.8 Å². The fourth-order valence-corrected chi connectivity index (χ4v) is 2.94. The van der Waals surface area contributed by atoms with Crippen molar-refractivity contribution in [3.05, 3.63) is 34.2 Å². The zero-order valence-corrected chi connectivity index (χ0v) is 13.5. The third kappa shape index (κ3) is 2.78. The number of fused-ring (bicyclic) bond motifs is 1. The Hall–Kier alpha value is -2.44. The molecule has 2 aromatic rings. The summed E-state index contributed by atoms with van der Waals surface area (Å²) in [4.78, 5) is 32.2. The van der Waals surface area contributed by atoms with Crippen LogP contribution < -0.4 is 5.32 Å². The van der Waals surface area contributed by atoms with Crippen LogP contribution in [0.5, 0.6) is 0 Å². The molecule has 1 aliphatic rings. The molecule has 1 atom stereocenters. The summed E-state index contributed by atoms with van der Waals surface area (Å²) in [6.45, 7) is 5.52. The number of H-pyrrole nitrogens is 1. The second kappa shape index (κ2) is 5.98. The number of carbonyl (C=O) groups is 2. The Balaban J connectivity index is 1.83. The van der Waals surface area contributed by atoms with E-state index in [0.717, 1.165) is 24.2 Å². The Labute approximate surface area is 133 Å². The molecule has 0 aliphatic heterocycles. The predicted octanol–water partition coefficient (Wildman–Crippen LogP) is 2.28. The molecule has 2 N–H and O–H groups in total. The van der Waals surface area contributed by atoms with Crippen molar-refractivity contribution in [1.29, 1.82) is 0 Å². The summed E-state index contributed by atoms with van der Waals surface area (Å²) in [6, 6.07) is -0.418. The monoisotopic (exact) mass is 316 g/mol. The fraction of sp³-hybridized carbons (Fsp3) is 0.500. The lowest BCUT2D eigenvalue weighted by molar-refractivity contribution is 0.0912. The van der Waals surface area contributed by atoms with Crippen molar-refractivity contribution in [2.75, 3.05) is 0 Å². The number of aromatic amines is 1. The molecule has 0 saturated heterocycles. The van der Waals surface area contributed by atoms with Gasteiger partial charge >= 0.3 is 0 Å². The Morgan fingerprint density at radius 2 is 2.22 bits per heavy atom. The van der Waals surface area contributed by atoms with Gasteiger partial charge in [0.25, 0.3) is 5.91 Å². The Bertz CT molecular complexity index is 759. The van der Waals surface area contributed by atoms with Crippen molar-refractivity contribution in [1.82, 2.24) is 20.4 Å². The van der Waals surface area contributed by atoms with Gasteiger partial charge in [-0.2, -0.15) is 4.98 Å². The van der Waals surface area contributed by atoms with Crippen molar-refractivity contribution in [2.45, 2.75) is 52.5 Å². The maximum atomic E-state index is 12.6. The van der Waals surface area contributed by atoms with Gasteiger partial charge in [0.05, 0.1) is 11.1 Å². The molecule has 0 radical (unpaired) electrons. The summed E-state index contributed by atoms with van der Waals surface area (Å²) in [6.07, 6.45) is 2.78. The molecule has 23 heavy (non-hydrogen) atoms. The average molecular weight is 316 g/mol. The van der Waals surface area contributed by atoms with Crippen LogP contribution in [0.1, 0.15) is 76.5 Å². The van der Waals surface area contributed by atoms with E-state index in [4.69, 9.17) is 4.52 Å². The van der Waals surface area contributed by atoms with Gasteiger partial charge in [-0.05, 0) is 26.7 Å². The topological polar surface area (TPSA) is 101 Å². The number of Topliss-reactive ketones (excluding diaryl/α,β-unsaturated/α-hetero) is 1. The van der Waals surface area contributed by atoms with Crippen LogP contribution in [-0.4, -0.2) is 26.8 Å². The molecule has 0 fully saturated rings. The van der Waals surface area contributed by atoms with Gasteiger partial charge in [-0.1, -0.05) is 12.1 Å². The number of hydrogen-bond acceptors (Lipinski definition) is 5. The molecule has 2 heterocycles. The third-order valence-corrected chi connectivity index (χ3v) is 4.12. The third-order valence-electron chi connectivity index (χ3n) is 4.12. The number of rotatable bonds is 4. The van der Waals surface area contributed by atoms with Crippen LogP contribution in [0.25, 0.3) is 0 Å². The summed E-state index contributed by atoms with van der Waals surface area (Å²) >= 11 is 0. The molecule has 0 bridgehead atoms. The molecule has 7 nitrogen and oxygen atoms in total. The van der Waals surface area contributed by atoms with E-state index in [1.807, 2.05) is 13.8 Å². The number of hydrogen-bond donors (Lipinski definition) is 2. The van der Waals surface area contributed by atoms with Gasteiger partial charge in [0.2, 0.25) is 5.89 Å². The molecule has 0 spiro atoms. The van der Waals surface area contributed by atoms with E-state index < -0.39 is 6.04 Å². The van der Waals surface area contributed by atoms with Crippen LogP contribution in [0.15, 0.2) is 4.52 Å². The van der Waals surface area contributed by atoms with E-state index in [0.29, 0.717) is 35.7 Å². The van der Waals surface area contributed by atoms with Crippen molar-refractivity contribution >= 4 is 11.7 Å². The molecule has 1 aliphatic carbocycles. The van der Waals surface area contributed by atoms with Crippen molar-refractivity contribution in [2.24, 2.45) is 0 Å². The highest BCUT2D eigenvalue weighted by molar-refractivity contribution is 6.10. The minimum Gasteiger partial charge on any atom is -0.361 e. The fourth-order valence-electron chi connectivity index (χ4n) is 2.94. The lowest BCUT2D eigenvalue weighted by Gasteiger charge is -2.13. The number of aromatic nitrogens is 3. The molecule has 3 rings (SSSR count). The molecule has 2 aromatic heterocycles. The zero-order chi connectivity index (χ0) is 16.6. The van der Waals surface area contributed by atoms with E-state index >= 15 is 0 Å². The quantitative estimate of drug-likeness (QED) is 0.901. The highest BCUT2D eigenvalue weighted by Gasteiger charge is 2.29. The number of nitrogens with zero attached hydrogens (tertiary/aromatic N) is 2. The van der Waals surface area contributed by atoms with Crippen molar-refractivity contribution in [3.8, 4) is 0 Å². The molecule has 122 valence electrons. The largest absolute Gasteiger partial charge is 0.361 e. The van der Waals surface area contributed by atoms with Crippen molar-refractivity contribution in [3.63, 3.8) is 0 Å². The smallest absolute Gasteiger partial charge is 0.254 e. The van der Waals surface area contributed by atoms with Gasteiger partial charge in [0.15, 0.2) is 11.6 Å². The number of nitrogens with one attached hydrogen (secondary N) is 2. The van der Waals surface area contributed by atoms with E-state index in [2.05, 4.69) is 20.4 Å². The van der Waals surface area contributed by atoms with Crippen molar-refractivity contribution < 1.29 is 14.1 Å². The van der Waals surface area contributed by atoms with E-state index in [1.165, 1.54) is 0 Å². The lowest BCUT2D eigenvalue weighted by atomic mass is 9.93. The summed E-state index contributed by atoms with van der Waals surface area (Å²) in [7, 11) is 0. The number of amides is 1. The summed E-state index contributed by atoms with van der Waals surface area (Å²) in [5.74, 6) is 0.702. The van der Waals surface area contributed by atoms with Gasteiger partial charge in [-0.25, -0.2) is 0 Å². The second-order valence-electron chi connectivity index (χ2n) is 5.85. The van der Waals surface area contributed by atoms with Crippen LogP contribution in [0.4, 0.5) is 0 Å². The minimum absolute atomic E-state index is 0.0273. The molecule has 7 heteroatoms. The van der Waals surface area contributed by atoms with Crippen LogP contribution in [0, 0.1) is 6.92 Å². The second-order valence-corrected chi connectivity index (χ2v) is 5.85. The molecule has 0 unspecified atom stereocenters. The van der Waals surface area contributed by atoms with Crippen LogP contribution in [0.2, 0.25) is 0 Å². The molecule has 0 aromatic carbocycles. The first kappa shape index (κ1) is 15.5. The normalized spacial score (nSPS) is 15.3. The van der Waals surface area contributed by atoms with E-state index in [9.17, 15) is 9.59 Å². The maximum absolute atomic E-state index is 12.6. The first-order valence-corrected chi connectivity index (χ1v) is 7.89. The standard InChI is InChI=1S/C16H20N4O3/c1-4-12-19-16(23-20-12)9(3)18-15(22)13-8(2)17-10-6-5-7-11(21)14(10)13/h9,17H,4-7H2,1-3H3,(H,18,22)/t9-/m1/s1. The summed E-state index contributed by atoms with van der Waals surface area (Å²) < 4.78 is 5.15. The van der Waals surface area contributed by atoms with Gasteiger partial charge in [-0.15, -0.1) is 0 Å². The average Bonchev–Trinajstić information content (AvgIpc) is 3.11. The SMILES string of the molecule is CCc1noc([C@@H](C)NC(=O)c2c(C)[nH]c3c2C(=O)CCC3)n1. The maximum Gasteiger partial charge on any atom is 0.254 e. The Morgan fingerprint density at radius 3 is 2.91 bits per heavy atom. The van der Waals surface area contributed by atoms with Gasteiger partial charge in [0.1, 0.15) is 6.04 Å². The van der Waals surface area contributed by atoms with Crippen LogP contribution >= 0.6 is 0 Å². The number of aryl methyl sites for hydroxylation is 3. The first-order valence-electron chi connectivity index (χ1n) is 7.89. The van der Waals surface area contributed by atoms with Crippen LogP contribution in [0.3, 0.4) is 0 Å². The Kier molecular flexibility index (Phi) is 4.02. The number of carbonyl (C=O) groups excluding carboxylic acids is 2. The molecule has 1 amide bonds.